The van der Waals surface area contributed by atoms with Crippen molar-refractivity contribution < 1.29 is 9.36 Å². The number of aromatic nitrogens is 3. The molecule has 2 heterocycles. The molecule has 8 nitrogen and oxygen atoms in total. The third-order valence-electron chi connectivity index (χ3n) is 4.76. The van der Waals surface area contributed by atoms with Crippen LogP contribution in [0.3, 0.4) is 0 Å². The first kappa shape index (κ1) is 20.1. The molecule has 3 aromatic rings. The number of nitrogens with one attached hydrogen (secondary N) is 1. The van der Waals surface area contributed by atoms with Crippen molar-refractivity contribution in [3.05, 3.63) is 86.8 Å². The van der Waals surface area contributed by atoms with E-state index in [4.69, 9.17) is 5.73 Å². The molecular formula is C21H24N5O3+. The van der Waals surface area contributed by atoms with E-state index in [0.29, 0.717) is 0 Å². The molecule has 0 radical (unpaired) electrons. The molecule has 0 saturated heterocycles. The number of nitrogen functional groups attached to an aromatic ring is 1. The molecule has 0 saturated carbocycles. The lowest BCUT2D eigenvalue weighted by Gasteiger charge is -2.22. The first-order chi connectivity index (χ1) is 13.9. The standard InChI is InChI=1S/C21H23N5O3/c1-3-25(17(27)14-24-12-8-7-9-15(24)2)18-19(22)26(21(29)23-20(18)28)13-16-10-5-4-6-11-16/h4-12H,3,13-14H2,1-2H3,(H2-,22,23,28,29)/p+1. The number of amides is 1. The van der Waals surface area contributed by atoms with Gasteiger partial charge in [-0.15, -0.1) is 0 Å². The Labute approximate surface area is 167 Å². The number of aryl methyl sites for hydroxylation is 1. The highest BCUT2D eigenvalue weighted by molar-refractivity contribution is 5.94. The fraction of sp³-hybridized carbons (Fsp3) is 0.238. The Balaban J connectivity index is 2.00. The molecule has 1 aromatic carbocycles. The van der Waals surface area contributed by atoms with Crippen LogP contribution in [0.1, 0.15) is 18.2 Å². The lowest BCUT2D eigenvalue weighted by Crippen LogP contribution is -2.48. The van der Waals surface area contributed by atoms with Gasteiger partial charge in [0.1, 0.15) is 5.82 Å². The third kappa shape index (κ3) is 4.26. The molecule has 0 fully saturated rings. The Bertz CT molecular complexity index is 1140. The number of nitrogens with two attached hydrogens (primary N) is 1. The Morgan fingerprint density at radius 2 is 1.83 bits per heavy atom. The summed E-state index contributed by atoms with van der Waals surface area (Å²) in [5.41, 5.74) is 6.67. The van der Waals surface area contributed by atoms with Crippen LogP contribution in [-0.2, 0) is 17.9 Å². The van der Waals surface area contributed by atoms with Crippen LogP contribution >= 0.6 is 0 Å². The molecule has 3 rings (SSSR count). The van der Waals surface area contributed by atoms with Crippen molar-refractivity contribution in [2.24, 2.45) is 0 Å². The van der Waals surface area contributed by atoms with Crippen LogP contribution in [0.2, 0.25) is 0 Å². The Kier molecular flexibility index (Phi) is 5.92. The molecule has 0 spiro atoms. The lowest BCUT2D eigenvalue weighted by atomic mass is 10.2. The second-order valence-corrected chi connectivity index (χ2v) is 6.67. The van der Waals surface area contributed by atoms with Gasteiger partial charge in [0.05, 0.1) is 6.54 Å². The average Bonchev–Trinajstić information content (AvgIpc) is 2.70. The monoisotopic (exact) mass is 394 g/mol. The molecule has 0 bridgehead atoms. The quantitative estimate of drug-likeness (QED) is 0.604. The van der Waals surface area contributed by atoms with Gasteiger partial charge in [0, 0.05) is 25.6 Å². The fourth-order valence-electron chi connectivity index (χ4n) is 3.19. The highest BCUT2D eigenvalue weighted by atomic mass is 16.2. The molecule has 3 N–H and O–H groups in total. The topological polar surface area (TPSA) is 105 Å². The molecule has 2 aromatic heterocycles. The summed E-state index contributed by atoms with van der Waals surface area (Å²) in [6, 6.07) is 14.9. The van der Waals surface area contributed by atoms with E-state index < -0.39 is 11.2 Å². The van der Waals surface area contributed by atoms with E-state index in [1.54, 1.807) is 17.7 Å². The largest absolute Gasteiger partial charge is 0.383 e. The van der Waals surface area contributed by atoms with E-state index in [1.807, 2.05) is 55.5 Å². The number of H-pyrrole nitrogens is 1. The first-order valence-corrected chi connectivity index (χ1v) is 9.34. The summed E-state index contributed by atoms with van der Waals surface area (Å²) in [5.74, 6) is -0.332. The van der Waals surface area contributed by atoms with Crippen LogP contribution in [0.25, 0.3) is 0 Å². The average molecular weight is 394 g/mol. The van der Waals surface area contributed by atoms with Gasteiger partial charge in [0.15, 0.2) is 17.6 Å². The van der Waals surface area contributed by atoms with Gasteiger partial charge in [-0.2, -0.15) is 4.57 Å². The maximum absolute atomic E-state index is 13.0. The molecule has 150 valence electrons. The molecule has 0 aliphatic heterocycles. The van der Waals surface area contributed by atoms with Crippen LogP contribution in [0, 0.1) is 6.92 Å². The number of carbonyl (C=O) groups is 1. The second kappa shape index (κ2) is 8.55. The summed E-state index contributed by atoms with van der Waals surface area (Å²) in [5, 5.41) is 0. The van der Waals surface area contributed by atoms with Crippen molar-refractivity contribution in [3.8, 4) is 0 Å². The summed E-state index contributed by atoms with van der Waals surface area (Å²) < 4.78 is 3.05. The summed E-state index contributed by atoms with van der Waals surface area (Å²) in [7, 11) is 0. The van der Waals surface area contributed by atoms with E-state index in [2.05, 4.69) is 4.98 Å². The fourth-order valence-corrected chi connectivity index (χ4v) is 3.19. The van der Waals surface area contributed by atoms with Crippen molar-refractivity contribution in [1.82, 2.24) is 9.55 Å². The van der Waals surface area contributed by atoms with Crippen molar-refractivity contribution in [2.75, 3.05) is 17.2 Å². The van der Waals surface area contributed by atoms with Crippen molar-refractivity contribution >= 4 is 17.4 Å². The van der Waals surface area contributed by atoms with Gasteiger partial charge in [-0.1, -0.05) is 36.4 Å². The summed E-state index contributed by atoms with van der Waals surface area (Å²) in [4.78, 5) is 41.5. The zero-order valence-corrected chi connectivity index (χ0v) is 16.5. The van der Waals surface area contributed by atoms with Crippen LogP contribution < -0.4 is 26.4 Å². The van der Waals surface area contributed by atoms with Gasteiger partial charge in [-0.25, -0.2) is 4.79 Å². The molecule has 8 heteroatoms. The number of benzene rings is 1. The number of anilines is 2. The smallest absolute Gasteiger partial charge is 0.330 e. The number of hydrogen-bond donors (Lipinski definition) is 2. The molecule has 29 heavy (non-hydrogen) atoms. The summed E-state index contributed by atoms with van der Waals surface area (Å²) in [6.07, 6.45) is 1.80. The molecule has 1 amide bonds. The van der Waals surface area contributed by atoms with Gasteiger partial charge in [-0.3, -0.25) is 24.0 Å². The van der Waals surface area contributed by atoms with Gasteiger partial charge in [0.2, 0.25) is 6.54 Å². The Morgan fingerprint density at radius 1 is 1.14 bits per heavy atom. The zero-order valence-electron chi connectivity index (χ0n) is 16.5. The van der Waals surface area contributed by atoms with E-state index in [9.17, 15) is 14.4 Å². The number of nitrogens with zero attached hydrogens (tertiary/aromatic N) is 3. The Hall–Kier alpha value is -3.68. The molecule has 0 unspecified atom stereocenters. The van der Waals surface area contributed by atoms with Gasteiger partial charge in [-0.05, 0) is 12.5 Å². The number of rotatable bonds is 6. The maximum Gasteiger partial charge on any atom is 0.330 e. The van der Waals surface area contributed by atoms with E-state index >= 15 is 0 Å². The SMILES string of the molecule is CCN(C(=O)C[n+]1ccccc1C)c1c(N)n(Cc2ccccc2)c(=O)[nH]c1=O. The predicted molar refractivity (Wildman–Crippen MR) is 111 cm³/mol. The van der Waals surface area contributed by atoms with Gasteiger partial charge >= 0.3 is 5.69 Å². The number of hydrogen-bond acceptors (Lipinski definition) is 4. The van der Waals surface area contributed by atoms with Gasteiger partial charge in [0.25, 0.3) is 11.5 Å². The number of aromatic amines is 1. The molecule has 0 aliphatic carbocycles. The normalized spacial score (nSPS) is 10.7. The maximum atomic E-state index is 13.0. The molecule has 0 aliphatic rings. The van der Waals surface area contributed by atoms with E-state index in [1.165, 1.54) is 9.47 Å². The number of likely N-dealkylation sites (N-methyl/N-ethyl adjacent to an activating group) is 1. The molecule has 0 atom stereocenters. The van der Waals surface area contributed by atoms with Crippen molar-refractivity contribution in [2.45, 2.75) is 26.9 Å². The van der Waals surface area contributed by atoms with Crippen LogP contribution in [-0.4, -0.2) is 22.0 Å². The predicted octanol–water partition coefficient (Wildman–Crippen LogP) is 0.816. The van der Waals surface area contributed by atoms with E-state index in [0.717, 1.165) is 11.3 Å². The number of pyridine rings is 1. The van der Waals surface area contributed by atoms with Crippen molar-refractivity contribution in [1.29, 1.82) is 0 Å². The third-order valence-corrected chi connectivity index (χ3v) is 4.76. The first-order valence-electron chi connectivity index (χ1n) is 9.34. The second-order valence-electron chi connectivity index (χ2n) is 6.67. The highest BCUT2D eigenvalue weighted by Gasteiger charge is 2.25. The minimum Gasteiger partial charge on any atom is -0.383 e. The summed E-state index contributed by atoms with van der Waals surface area (Å²) in [6.45, 7) is 4.13. The van der Waals surface area contributed by atoms with Crippen LogP contribution in [0.15, 0.2) is 64.3 Å². The van der Waals surface area contributed by atoms with Crippen LogP contribution in [0.5, 0.6) is 0 Å². The number of carbonyl (C=O) groups excluding carboxylic acids is 1. The minimum atomic E-state index is -0.679. The van der Waals surface area contributed by atoms with E-state index in [-0.39, 0.29) is 37.0 Å². The van der Waals surface area contributed by atoms with Crippen LogP contribution in [0.4, 0.5) is 11.5 Å². The molecular weight excluding hydrogens is 370 g/mol. The Morgan fingerprint density at radius 3 is 2.48 bits per heavy atom. The minimum absolute atomic E-state index is 0.0118. The highest BCUT2D eigenvalue weighted by Crippen LogP contribution is 2.17. The lowest BCUT2D eigenvalue weighted by molar-refractivity contribution is -0.690. The summed E-state index contributed by atoms with van der Waals surface area (Å²) >= 11 is 0. The zero-order chi connectivity index (χ0) is 21.0. The van der Waals surface area contributed by atoms with Crippen molar-refractivity contribution in [3.63, 3.8) is 0 Å². The van der Waals surface area contributed by atoms with Gasteiger partial charge < -0.3 is 5.73 Å².